The zero-order valence-electron chi connectivity index (χ0n) is 21.9. The molecule has 4 heterocycles. The minimum absolute atomic E-state index is 0.0861. The van der Waals surface area contributed by atoms with Gasteiger partial charge in [0.2, 0.25) is 5.95 Å². The number of imidazole rings is 1. The van der Waals surface area contributed by atoms with Crippen LogP contribution in [-0.2, 0) is 6.54 Å². The summed E-state index contributed by atoms with van der Waals surface area (Å²) in [5.41, 5.74) is 5.10. The maximum atomic E-state index is 14.3. The van der Waals surface area contributed by atoms with Gasteiger partial charge in [-0.15, -0.1) is 0 Å². The number of anilines is 4. The lowest BCUT2D eigenvalue weighted by molar-refractivity contribution is 0.251. The highest BCUT2D eigenvalue weighted by atomic mass is 19.2. The first kappa shape index (κ1) is 25.1. The molecule has 1 aliphatic heterocycles. The number of amides is 2. The third-order valence-corrected chi connectivity index (χ3v) is 6.76. The zero-order chi connectivity index (χ0) is 28.0. The van der Waals surface area contributed by atoms with Crippen LogP contribution >= 0.6 is 0 Å². The third-order valence-electron chi connectivity index (χ3n) is 6.76. The largest absolute Gasteiger partial charge is 0.338 e. The molecule has 6 rings (SSSR count). The molecule has 0 radical (unpaired) electrons. The van der Waals surface area contributed by atoms with Crippen molar-refractivity contribution >= 4 is 29.2 Å². The van der Waals surface area contributed by atoms with E-state index < -0.39 is 11.6 Å². The molecule has 3 aromatic heterocycles. The number of carbonyl (C=O) groups excluding carboxylic acids is 1. The van der Waals surface area contributed by atoms with E-state index in [1.54, 1.807) is 24.3 Å². The van der Waals surface area contributed by atoms with Gasteiger partial charge in [0, 0.05) is 41.3 Å². The Labute approximate surface area is 228 Å². The summed E-state index contributed by atoms with van der Waals surface area (Å²) in [5, 5.41) is 3.12. The third kappa shape index (κ3) is 4.51. The first-order valence-corrected chi connectivity index (χ1v) is 12.5. The van der Waals surface area contributed by atoms with Crippen LogP contribution in [0.4, 0.5) is 36.7 Å². The average molecular weight is 539 g/mol. The molecule has 0 saturated heterocycles. The second kappa shape index (κ2) is 9.84. The van der Waals surface area contributed by atoms with Crippen LogP contribution in [0, 0.1) is 25.5 Å². The maximum Gasteiger partial charge on any atom is 0.330 e. The van der Waals surface area contributed by atoms with Crippen molar-refractivity contribution in [2.24, 2.45) is 0 Å². The van der Waals surface area contributed by atoms with Gasteiger partial charge in [0.15, 0.2) is 11.6 Å². The summed E-state index contributed by atoms with van der Waals surface area (Å²) < 4.78 is 28.1. The Bertz CT molecular complexity index is 1750. The van der Waals surface area contributed by atoms with Gasteiger partial charge >= 0.3 is 6.03 Å². The van der Waals surface area contributed by atoms with Gasteiger partial charge < -0.3 is 10.3 Å². The fourth-order valence-electron chi connectivity index (χ4n) is 4.59. The lowest BCUT2D eigenvalue weighted by Gasteiger charge is -2.35. The van der Waals surface area contributed by atoms with Crippen molar-refractivity contribution in [2.45, 2.75) is 20.4 Å². The monoisotopic (exact) mass is 538 g/mol. The number of pyridine rings is 1. The number of aromatic amines is 1. The van der Waals surface area contributed by atoms with Crippen LogP contribution in [0.3, 0.4) is 0 Å². The van der Waals surface area contributed by atoms with Crippen molar-refractivity contribution in [1.29, 1.82) is 0 Å². The van der Waals surface area contributed by atoms with E-state index in [4.69, 9.17) is 0 Å². The van der Waals surface area contributed by atoms with Crippen LogP contribution < -0.4 is 15.1 Å². The normalized spacial score (nSPS) is 13.0. The molecule has 0 saturated carbocycles. The van der Waals surface area contributed by atoms with E-state index in [2.05, 4.69) is 30.2 Å². The van der Waals surface area contributed by atoms with Gasteiger partial charge in [-0.25, -0.2) is 23.5 Å². The van der Waals surface area contributed by atoms with Crippen LogP contribution in [0.5, 0.6) is 0 Å². The Hall–Kier alpha value is -5.19. The fraction of sp³-hybridized carbons (Fsp3) is 0.138. The summed E-state index contributed by atoms with van der Waals surface area (Å²) in [7, 11) is 1.67. The van der Waals surface area contributed by atoms with Crippen molar-refractivity contribution in [1.82, 2.24) is 24.9 Å². The molecule has 40 heavy (non-hydrogen) atoms. The van der Waals surface area contributed by atoms with Gasteiger partial charge in [-0.2, -0.15) is 4.98 Å². The maximum absolute atomic E-state index is 14.3. The van der Waals surface area contributed by atoms with Crippen molar-refractivity contribution in [3.8, 4) is 22.6 Å². The molecule has 0 atom stereocenters. The standard InChI is InChI=1S/C29H24F2N8O/c1-16-7-9-18(26-33-14-23(36-26)21-5-4-6-22(30)25(21)31)11-24(16)39-15-19-12-34-28(37-27(19)38(3)29(39)40)35-20-10-8-17(2)32-13-20/h4-14H,15H2,1-3H3,(H,33,36)(H,34,35,37). The first-order chi connectivity index (χ1) is 19.3. The second-order valence-electron chi connectivity index (χ2n) is 9.53. The van der Waals surface area contributed by atoms with Gasteiger partial charge in [0.05, 0.1) is 30.3 Å². The van der Waals surface area contributed by atoms with Crippen molar-refractivity contribution in [3.63, 3.8) is 0 Å². The van der Waals surface area contributed by atoms with Gasteiger partial charge in [0.25, 0.3) is 0 Å². The smallest absolute Gasteiger partial charge is 0.330 e. The van der Waals surface area contributed by atoms with Crippen LogP contribution in [0.15, 0.2) is 67.1 Å². The molecule has 2 aromatic carbocycles. The predicted octanol–water partition coefficient (Wildman–Crippen LogP) is 6.14. The number of aryl methyl sites for hydroxylation is 2. The van der Waals surface area contributed by atoms with Crippen LogP contribution in [0.2, 0.25) is 0 Å². The number of H-pyrrole nitrogens is 1. The molecule has 11 heteroatoms. The van der Waals surface area contributed by atoms with Gasteiger partial charge in [0.1, 0.15) is 11.6 Å². The van der Waals surface area contributed by atoms with E-state index in [0.717, 1.165) is 28.6 Å². The molecule has 200 valence electrons. The fourth-order valence-corrected chi connectivity index (χ4v) is 4.59. The molecular weight excluding hydrogens is 514 g/mol. The Morgan fingerprint density at radius 1 is 0.975 bits per heavy atom. The summed E-state index contributed by atoms with van der Waals surface area (Å²) in [6.45, 7) is 4.09. The second-order valence-corrected chi connectivity index (χ2v) is 9.53. The number of rotatable bonds is 5. The molecule has 0 aliphatic carbocycles. The summed E-state index contributed by atoms with van der Waals surface area (Å²) in [4.78, 5) is 37.4. The number of carbonyl (C=O) groups is 1. The molecule has 2 N–H and O–H groups in total. The number of halogens is 2. The van der Waals surface area contributed by atoms with E-state index in [1.165, 1.54) is 23.2 Å². The van der Waals surface area contributed by atoms with E-state index >= 15 is 0 Å². The Balaban J connectivity index is 1.29. The topological polar surface area (TPSA) is 103 Å². The number of hydrogen-bond acceptors (Lipinski definition) is 6. The van der Waals surface area contributed by atoms with Gasteiger partial charge in [-0.05, 0) is 49.7 Å². The van der Waals surface area contributed by atoms with E-state index in [-0.39, 0.29) is 18.1 Å². The average Bonchev–Trinajstić information content (AvgIpc) is 3.44. The lowest BCUT2D eigenvalue weighted by Crippen LogP contribution is -2.46. The molecule has 2 amide bonds. The quantitative estimate of drug-likeness (QED) is 0.279. The molecule has 0 fully saturated rings. The molecule has 0 bridgehead atoms. The molecule has 5 aromatic rings. The zero-order valence-corrected chi connectivity index (χ0v) is 21.9. The molecule has 0 unspecified atom stereocenters. The number of nitrogens with one attached hydrogen (secondary N) is 2. The van der Waals surface area contributed by atoms with Crippen LogP contribution in [-0.4, -0.2) is 38.0 Å². The molecule has 0 spiro atoms. The van der Waals surface area contributed by atoms with Crippen LogP contribution in [0.1, 0.15) is 16.8 Å². The SMILES string of the molecule is Cc1ccc(Nc2ncc3c(n2)N(C)C(=O)N(c2cc(-c4ncc(-c5cccc(F)c5F)[nH]4)ccc2C)C3)cn1. The highest BCUT2D eigenvalue weighted by Gasteiger charge is 2.31. The highest BCUT2D eigenvalue weighted by Crippen LogP contribution is 2.34. The van der Waals surface area contributed by atoms with E-state index in [1.807, 2.05) is 44.2 Å². The molecule has 9 nitrogen and oxygen atoms in total. The summed E-state index contributed by atoms with van der Waals surface area (Å²) in [6.07, 6.45) is 4.85. The Morgan fingerprint density at radius 3 is 2.62 bits per heavy atom. The van der Waals surface area contributed by atoms with Gasteiger partial charge in [-0.1, -0.05) is 18.2 Å². The van der Waals surface area contributed by atoms with Crippen LogP contribution in [0.25, 0.3) is 22.6 Å². The Morgan fingerprint density at radius 2 is 1.82 bits per heavy atom. The first-order valence-electron chi connectivity index (χ1n) is 12.5. The van der Waals surface area contributed by atoms with Crippen molar-refractivity contribution in [3.05, 3.63) is 95.6 Å². The van der Waals surface area contributed by atoms with E-state index in [0.29, 0.717) is 34.5 Å². The number of nitrogens with zero attached hydrogens (tertiary/aromatic N) is 6. The predicted molar refractivity (Wildman–Crippen MR) is 148 cm³/mol. The Kier molecular flexibility index (Phi) is 6.18. The number of fused-ring (bicyclic) bond motifs is 1. The molecular formula is C29H24F2N8O. The minimum Gasteiger partial charge on any atom is -0.338 e. The minimum atomic E-state index is -0.945. The summed E-state index contributed by atoms with van der Waals surface area (Å²) in [5.74, 6) is -0.542. The van der Waals surface area contributed by atoms with Gasteiger partial charge in [-0.3, -0.25) is 14.8 Å². The highest BCUT2D eigenvalue weighted by molar-refractivity contribution is 6.05. The summed E-state index contributed by atoms with van der Waals surface area (Å²) >= 11 is 0. The number of urea groups is 1. The van der Waals surface area contributed by atoms with Crippen molar-refractivity contribution < 1.29 is 13.6 Å². The van der Waals surface area contributed by atoms with Crippen molar-refractivity contribution in [2.75, 3.05) is 22.2 Å². The molecule has 1 aliphatic rings. The lowest BCUT2D eigenvalue weighted by atomic mass is 10.1. The number of aromatic nitrogens is 5. The number of hydrogen-bond donors (Lipinski definition) is 2. The van der Waals surface area contributed by atoms with E-state index in [9.17, 15) is 13.6 Å². The number of benzene rings is 2. The summed E-state index contributed by atoms with van der Waals surface area (Å²) in [6, 6.07) is 13.1.